The number of anilines is 1. The minimum absolute atomic E-state index is 0.00472. The van der Waals surface area contributed by atoms with Crippen molar-refractivity contribution < 1.29 is 17.6 Å². The van der Waals surface area contributed by atoms with Crippen molar-refractivity contribution in [2.45, 2.75) is 26.1 Å². The number of fused-ring (bicyclic) bond motifs is 1. The predicted octanol–water partition coefficient (Wildman–Crippen LogP) is 4.35. The van der Waals surface area contributed by atoms with Crippen LogP contribution in [0, 0.1) is 6.92 Å². The maximum absolute atomic E-state index is 13.0. The largest absolute Gasteiger partial charge is 0.422 e. The van der Waals surface area contributed by atoms with Crippen molar-refractivity contribution in [2.24, 2.45) is 0 Å². The minimum Gasteiger partial charge on any atom is -0.422 e. The van der Waals surface area contributed by atoms with E-state index in [0.717, 1.165) is 12.1 Å². The number of rotatable bonds is 4. The summed E-state index contributed by atoms with van der Waals surface area (Å²) in [6.07, 6.45) is -1.40. The zero-order valence-electron chi connectivity index (χ0n) is 15.1. The van der Waals surface area contributed by atoms with Gasteiger partial charge in [0.1, 0.15) is 11.3 Å². The first kappa shape index (κ1) is 19.1. The lowest BCUT2D eigenvalue weighted by Gasteiger charge is -2.11. The van der Waals surface area contributed by atoms with Crippen molar-refractivity contribution >= 4 is 28.7 Å². The Labute approximate surface area is 166 Å². The molecule has 29 heavy (non-hydrogen) atoms. The molecule has 0 saturated carbocycles. The number of nitrogens with zero attached hydrogens (tertiary/aromatic N) is 6. The predicted molar refractivity (Wildman–Crippen MR) is 97.7 cm³/mol. The van der Waals surface area contributed by atoms with Crippen molar-refractivity contribution in [3.8, 4) is 5.95 Å². The normalized spacial score (nSPS) is 13.0. The number of alkyl halides is 3. The molecule has 0 aliphatic rings. The summed E-state index contributed by atoms with van der Waals surface area (Å²) in [5.41, 5.74) is -0.860. The van der Waals surface area contributed by atoms with E-state index in [2.05, 4.69) is 30.4 Å². The van der Waals surface area contributed by atoms with Gasteiger partial charge in [0.2, 0.25) is 0 Å². The third-order valence-electron chi connectivity index (χ3n) is 3.98. The highest BCUT2D eigenvalue weighted by molar-refractivity contribution is 6.34. The second-order valence-electron chi connectivity index (χ2n) is 6.17. The van der Waals surface area contributed by atoms with E-state index in [1.54, 1.807) is 32.3 Å². The van der Waals surface area contributed by atoms with Crippen LogP contribution in [0.3, 0.4) is 0 Å². The van der Waals surface area contributed by atoms with E-state index in [4.69, 9.17) is 16.0 Å². The second-order valence-corrected chi connectivity index (χ2v) is 6.57. The van der Waals surface area contributed by atoms with Crippen LogP contribution in [-0.2, 0) is 6.18 Å². The Morgan fingerprint density at radius 1 is 1.17 bits per heavy atom. The molecule has 1 unspecified atom stereocenters. The standard InChI is InChI=1S/C17H13ClF3N7O/c1-8(14-25-9(2)27-28(14)15-22-4-3-5-23-15)24-16-26-12-7-10(17(19,20)21)6-11(18)13(12)29-16/h3-8H,1-2H3,(H,24,26). The summed E-state index contributed by atoms with van der Waals surface area (Å²) < 4.78 is 45.9. The number of oxazole rings is 1. The van der Waals surface area contributed by atoms with E-state index in [1.165, 1.54) is 4.68 Å². The van der Waals surface area contributed by atoms with Crippen LogP contribution in [0.1, 0.15) is 30.2 Å². The molecule has 4 aromatic rings. The van der Waals surface area contributed by atoms with Gasteiger partial charge in [0, 0.05) is 12.4 Å². The van der Waals surface area contributed by atoms with Crippen molar-refractivity contribution in [1.29, 1.82) is 0 Å². The van der Waals surface area contributed by atoms with Crippen LogP contribution in [0.5, 0.6) is 0 Å². The Morgan fingerprint density at radius 3 is 2.59 bits per heavy atom. The highest BCUT2D eigenvalue weighted by Gasteiger charge is 2.32. The fourth-order valence-corrected chi connectivity index (χ4v) is 2.98. The van der Waals surface area contributed by atoms with E-state index in [-0.39, 0.29) is 22.1 Å². The summed E-state index contributed by atoms with van der Waals surface area (Å²) >= 11 is 5.94. The molecule has 150 valence electrons. The molecule has 1 atom stereocenters. The van der Waals surface area contributed by atoms with Crippen LogP contribution in [-0.4, -0.2) is 29.7 Å². The van der Waals surface area contributed by atoms with Crippen LogP contribution in [0.4, 0.5) is 19.2 Å². The monoisotopic (exact) mass is 423 g/mol. The fourth-order valence-electron chi connectivity index (χ4n) is 2.73. The van der Waals surface area contributed by atoms with Gasteiger partial charge in [0.15, 0.2) is 11.4 Å². The number of halogens is 4. The Morgan fingerprint density at radius 2 is 1.90 bits per heavy atom. The van der Waals surface area contributed by atoms with Crippen LogP contribution >= 0.6 is 11.6 Å². The summed E-state index contributed by atoms with van der Waals surface area (Å²) in [4.78, 5) is 16.7. The van der Waals surface area contributed by atoms with Gasteiger partial charge in [-0.15, -0.1) is 5.10 Å². The summed E-state index contributed by atoms with van der Waals surface area (Å²) in [6, 6.07) is 2.87. The number of aromatic nitrogens is 6. The lowest BCUT2D eigenvalue weighted by atomic mass is 10.2. The van der Waals surface area contributed by atoms with Crippen LogP contribution in [0.2, 0.25) is 5.02 Å². The molecule has 3 heterocycles. The fraction of sp³-hybridized carbons (Fsp3) is 0.235. The summed E-state index contributed by atoms with van der Waals surface area (Å²) in [7, 11) is 0. The number of benzene rings is 1. The minimum atomic E-state index is -4.54. The number of nitrogens with one attached hydrogen (secondary N) is 1. The van der Waals surface area contributed by atoms with Gasteiger partial charge in [-0.25, -0.2) is 15.0 Å². The molecule has 0 aliphatic heterocycles. The number of hydrogen-bond acceptors (Lipinski definition) is 7. The van der Waals surface area contributed by atoms with Gasteiger partial charge >= 0.3 is 6.18 Å². The summed E-state index contributed by atoms with van der Waals surface area (Å²) in [6.45, 7) is 3.48. The smallest absolute Gasteiger partial charge is 0.416 e. The molecule has 0 fully saturated rings. The van der Waals surface area contributed by atoms with Gasteiger partial charge < -0.3 is 9.73 Å². The zero-order valence-corrected chi connectivity index (χ0v) is 15.8. The molecule has 0 amide bonds. The van der Waals surface area contributed by atoms with Gasteiger partial charge in [-0.05, 0) is 32.0 Å². The molecule has 0 radical (unpaired) electrons. The Bertz CT molecular complexity index is 1170. The van der Waals surface area contributed by atoms with Gasteiger partial charge in [0.05, 0.1) is 16.6 Å². The molecule has 0 aliphatic carbocycles. The molecule has 0 spiro atoms. The second kappa shape index (κ2) is 6.99. The van der Waals surface area contributed by atoms with E-state index < -0.39 is 17.8 Å². The SMILES string of the molecule is Cc1nc(C(C)Nc2nc3cc(C(F)(F)F)cc(Cl)c3o2)n(-c2ncccn2)n1. The Hall–Kier alpha value is -3.21. The highest BCUT2D eigenvalue weighted by atomic mass is 35.5. The van der Waals surface area contributed by atoms with Gasteiger partial charge in [-0.2, -0.15) is 22.8 Å². The van der Waals surface area contributed by atoms with Crippen molar-refractivity contribution in [3.05, 3.63) is 52.8 Å². The van der Waals surface area contributed by atoms with Crippen molar-refractivity contribution in [1.82, 2.24) is 29.7 Å². The third-order valence-corrected chi connectivity index (χ3v) is 4.26. The molecule has 4 rings (SSSR count). The molecule has 0 saturated heterocycles. The zero-order chi connectivity index (χ0) is 20.8. The molecule has 0 bridgehead atoms. The molecular weight excluding hydrogens is 411 g/mol. The molecule has 8 nitrogen and oxygen atoms in total. The lowest BCUT2D eigenvalue weighted by molar-refractivity contribution is -0.137. The van der Waals surface area contributed by atoms with E-state index >= 15 is 0 Å². The lowest BCUT2D eigenvalue weighted by Crippen LogP contribution is -2.15. The molecule has 1 N–H and O–H groups in total. The van der Waals surface area contributed by atoms with Crippen LogP contribution in [0.25, 0.3) is 17.0 Å². The van der Waals surface area contributed by atoms with E-state index in [0.29, 0.717) is 17.6 Å². The quantitative estimate of drug-likeness (QED) is 0.521. The first-order chi connectivity index (χ1) is 13.7. The first-order valence-electron chi connectivity index (χ1n) is 8.37. The Kier molecular flexibility index (Phi) is 4.61. The summed E-state index contributed by atoms with van der Waals surface area (Å²) in [5, 5.41) is 7.06. The van der Waals surface area contributed by atoms with Crippen LogP contribution < -0.4 is 5.32 Å². The summed E-state index contributed by atoms with van der Waals surface area (Å²) in [5.74, 6) is 1.29. The average Bonchev–Trinajstić information content (AvgIpc) is 3.25. The van der Waals surface area contributed by atoms with Crippen LogP contribution in [0.15, 0.2) is 35.0 Å². The third kappa shape index (κ3) is 3.73. The van der Waals surface area contributed by atoms with E-state index in [9.17, 15) is 13.2 Å². The van der Waals surface area contributed by atoms with E-state index in [1.807, 2.05) is 0 Å². The Balaban J connectivity index is 1.67. The molecule has 12 heteroatoms. The number of hydrogen-bond donors (Lipinski definition) is 1. The first-order valence-corrected chi connectivity index (χ1v) is 8.75. The topological polar surface area (TPSA) is 94.6 Å². The van der Waals surface area contributed by atoms with Crippen molar-refractivity contribution in [3.63, 3.8) is 0 Å². The van der Waals surface area contributed by atoms with Gasteiger partial charge in [-0.3, -0.25) is 0 Å². The number of aryl methyl sites for hydroxylation is 1. The average molecular weight is 424 g/mol. The molecule has 3 aromatic heterocycles. The molecule has 1 aromatic carbocycles. The van der Waals surface area contributed by atoms with Gasteiger partial charge in [0.25, 0.3) is 12.0 Å². The highest BCUT2D eigenvalue weighted by Crippen LogP contribution is 2.36. The molecular formula is C17H13ClF3N7O. The maximum atomic E-state index is 13.0. The van der Waals surface area contributed by atoms with Gasteiger partial charge in [-0.1, -0.05) is 11.6 Å². The van der Waals surface area contributed by atoms with Crippen molar-refractivity contribution in [2.75, 3.05) is 5.32 Å². The maximum Gasteiger partial charge on any atom is 0.416 e.